The Morgan fingerprint density at radius 3 is 2.59 bits per heavy atom. The van der Waals surface area contributed by atoms with Crippen LogP contribution in [0.15, 0.2) is 76.0 Å². The average Bonchev–Trinajstić information content (AvgIpc) is 2.76. The van der Waals surface area contributed by atoms with E-state index in [9.17, 15) is 17.6 Å². The molecule has 0 radical (unpaired) electrons. The quantitative estimate of drug-likeness (QED) is 0.561. The molecule has 0 saturated carbocycles. The molecule has 0 saturated heterocycles. The zero-order valence-corrected chi connectivity index (χ0v) is 18.6. The molecule has 0 atom stereocenters. The van der Waals surface area contributed by atoms with Gasteiger partial charge in [0.2, 0.25) is 0 Å². The molecule has 3 aromatic carbocycles. The van der Waals surface area contributed by atoms with Crippen molar-refractivity contribution < 1.29 is 17.6 Å². The Bertz CT molecular complexity index is 1340. The van der Waals surface area contributed by atoms with Crippen LogP contribution in [-0.4, -0.2) is 26.7 Å². The summed E-state index contributed by atoms with van der Waals surface area (Å²) in [5.41, 5.74) is 1.34. The third kappa shape index (κ3) is 4.24. The Labute approximate surface area is 190 Å². The number of benzene rings is 3. The van der Waals surface area contributed by atoms with Gasteiger partial charge in [-0.25, -0.2) is 4.39 Å². The van der Waals surface area contributed by atoms with Crippen molar-refractivity contribution in [3.05, 3.63) is 88.7 Å². The second-order valence-electron chi connectivity index (χ2n) is 7.17. The van der Waals surface area contributed by atoms with Gasteiger partial charge in [-0.15, -0.1) is 4.40 Å². The maximum atomic E-state index is 13.8. The summed E-state index contributed by atoms with van der Waals surface area (Å²) in [5.74, 6) is -0.785. The minimum atomic E-state index is -4.09. The molecule has 0 spiro atoms. The van der Waals surface area contributed by atoms with Crippen LogP contribution in [0.2, 0.25) is 5.02 Å². The van der Waals surface area contributed by atoms with Gasteiger partial charge in [0, 0.05) is 17.8 Å². The van der Waals surface area contributed by atoms with Crippen molar-refractivity contribution in [3.63, 3.8) is 0 Å². The molecular weight excluding hydrogens is 453 g/mol. The minimum absolute atomic E-state index is 0.0388. The molecule has 0 bridgehead atoms. The van der Waals surface area contributed by atoms with Crippen LogP contribution >= 0.6 is 11.6 Å². The third-order valence-corrected chi connectivity index (χ3v) is 6.52. The molecule has 0 fully saturated rings. The summed E-state index contributed by atoms with van der Waals surface area (Å²) in [5, 5.41) is 2.97. The van der Waals surface area contributed by atoms with E-state index in [1.807, 2.05) is 6.92 Å². The lowest BCUT2D eigenvalue weighted by molar-refractivity contribution is 0.102. The van der Waals surface area contributed by atoms with Gasteiger partial charge in [-0.3, -0.25) is 4.79 Å². The molecule has 9 heteroatoms. The zero-order valence-electron chi connectivity index (χ0n) is 17.0. The standard InChI is InChI=1S/C23H19ClFN3O3S/c1-2-12-28-20-11-10-17(26-23(29)18-8-3-4-9-19(18)24)14-21(20)32(30,31)27-22(28)15-6-5-7-16(25)13-15/h3-11,13-14H,2,12H2,1H3,(H,26,29). The monoisotopic (exact) mass is 471 g/mol. The molecule has 32 heavy (non-hydrogen) atoms. The van der Waals surface area contributed by atoms with E-state index in [0.717, 1.165) is 0 Å². The Morgan fingerprint density at radius 2 is 1.88 bits per heavy atom. The first-order valence-electron chi connectivity index (χ1n) is 9.88. The second-order valence-corrected chi connectivity index (χ2v) is 9.15. The molecule has 1 amide bonds. The smallest absolute Gasteiger partial charge is 0.286 e. The fourth-order valence-corrected chi connectivity index (χ4v) is 4.95. The fraction of sp³-hybridized carbons (Fsp3) is 0.130. The van der Waals surface area contributed by atoms with Crippen molar-refractivity contribution in [1.82, 2.24) is 0 Å². The normalized spacial score (nSPS) is 14.5. The highest BCUT2D eigenvalue weighted by atomic mass is 35.5. The number of fused-ring (bicyclic) bond motifs is 1. The summed E-state index contributed by atoms with van der Waals surface area (Å²) in [6, 6.07) is 16.8. The van der Waals surface area contributed by atoms with Gasteiger partial charge in [-0.1, -0.05) is 42.8 Å². The Balaban J connectivity index is 1.75. The van der Waals surface area contributed by atoms with Crippen molar-refractivity contribution in [2.75, 3.05) is 16.8 Å². The van der Waals surface area contributed by atoms with Gasteiger partial charge >= 0.3 is 0 Å². The molecule has 164 valence electrons. The van der Waals surface area contributed by atoms with Gasteiger partial charge in [0.1, 0.15) is 10.7 Å². The van der Waals surface area contributed by atoms with Crippen molar-refractivity contribution in [1.29, 1.82) is 0 Å². The zero-order chi connectivity index (χ0) is 22.9. The van der Waals surface area contributed by atoms with Crippen LogP contribution in [0, 0.1) is 5.82 Å². The number of halogens is 2. The van der Waals surface area contributed by atoms with Gasteiger partial charge in [0.15, 0.2) is 5.84 Å². The Hall–Kier alpha value is -3.23. The Morgan fingerprint density at radius 1 is 1.09 bits per heavy atom. The second kappa shape index (κ2) is 8.72. The Kier molecular flexibility index (Phi) is 5.99. The molecule has 3 aromatic rings. The van der Waals surface area contributed by atoms with Gasteiger partial charge in [0.05, 0.1) is 16.3 Å². The lowest BCUT2D eigenvalue weighted by Gasteiger charge is -2.31. The summed E-state index contributed by atoms with van der Waals surface area (Å²) in [7, 11) is -4.09. The van der Waals surface area contributed by atoms with Crippen molar-refractivity contribution in [2.45, 2.75) is 18.2 Å². The number of hydrogen-bond donors (Lipinski definition) is 1. The van der Waals surface area contributed by atoms with E-state index in [4.69, 9.17) is 11.6 Å². The largest absolute Gasteiger partial charge is 0.324 e. The number of anilines is 2. The van der Waals surface area contributed by atoms with Gasteiger partial charge in [-0.05, 0) is 48.9 Å². The molecule has 0 aliphatic carbocycles. The highest BCUT2D eigenvalue weighted by Crippen LogP contribution is 2.35. The van der Waals surface area contributed by atoms with Crippen molar-refractivity contribution >= 4 is 44.7 Å². The SMILES string of the molecule is CCCN1C(c2cccc(F)c2)=NS(=O)(=O)c2cc(NC(=O)c3ccccc3Cl)ccc21. The van der Waals surface area contributed by atoms with E-state index in [1.54, 1.807) is 47.4 Å². The van der Waals surface area contributed by atoms with Crippen molar-refractivity contribution in [3.8, 4) is 0 Å². The number of rotatable bonds is 5. The first kappa shape index (κ1) is 22.0. The molecule has 0 unspecified atom stereocenters. The summed E-state index contributed by atoms with van der Waals surface area (Å²) in [6.07, 6.45) is 0.707. The predicted molar refractivity (Wildman–Crippen MR) is 124 cm³/mol. The number of hydrogen-bond acceptors (Lipinski definition) is 4. The first-order chi connectivity index (χ1) is 15.3. The molecule has 4 rings (SSSR count). The van der Waals surface area contributed by atoms with Crippen LogP contribution in [0.25, 0.3) is 0 Å². The summed E-state index contributed by atoms with van der Waals surface area (Å²) in [4.78, 5) is 14.3. The molecular formula is C23H19ClFN3O3S. The topological polar surface area (TPSA) is 78.8 Å². The van der Waals surface area contributed by atoms with Crippen LogP contribution in [0.4, 0.5) is 15.8 Å². The molecule has 1 aliphatic rings. The number of amides is 1. The molecule has 0 aromatic heterocycles. The van der Waals surface area contributed by atoms with Crippen LogP contribution in [0.3, 0.4) is 0 Å². The first-order valence-corrected chi connectivity index (χ1v) is 11.7. The highest BCUT2D eigenvalue weighted by molar-refractivity contribution is 7.90. The van der Waals surface area contributed by atoms with E-state index in [0.29, 0.717) is 24.2 Å². The van der Waals surface area contributed by atoms with E-state index in [-0.39, 0.29) is 27.0 Å². The maximum absolute atomic E-state index is 13.8. The fourth-order valence-electron chi connectivity index (χ4n) is 3.48. The van der Waals surface area contributed by atoms with E-state index in [1.165, 1.54) is 24.3 Å². The van der Waals surface area contributed by atoms with E-state index >= 15 is 0 Å². The van der Waals surface area contributed by atoms with Gasteiger partial charge < -0.3 is 10.2 Å². The number of carbonyl (C=O) groups is 1. The number of carbonyl (C=O) groups excluding carboxylic acids is 1. The van der Waals surface area contributed by atoms with E-state index < -0.39 is 21.7 Å². The van der Waals surface area contributed by atoms with Gasteiger partial charge in [-0.2, -0.15) is 8.42 Å². The summed E-state index contributed by atoms with van der Waals surface area (Å²) in [6.45, 7) is 2.42. The predicted octanol–water partition coefficient (Wildman–Crippen LogP) is 5.10. The average molecular weight is 472 g/mol. The van der Waals surface area contributed by atoms with Crippen LogP contribution < -0.4 is 10.2 Å². The molecule has 6 nitrogen and oxygen atoms in total. The van der Waals surface area contributed by atoms with E-state index in [2.05, 4.69) is 9.71 Å². The number of nitrogens with one attached hydrogen (secondary N) is 1. The van der Waals surface area contributed by atoms with Crippen molar-refractivity contribution in [2.24, 2.45) is 4.40 Å². The number of nitrogens with zero attached hydrogens (tertiary/aromatic N) is 2. The summed E-state index contributed by atoms with van der Waals surface area (Å²) >= 11 is 6.08. The minimum Gasteiger partial charge on any atom is -0.324 e. The molecule has 1 N–H and O–H groups in total. The number of sulfonamides is 1. The molecule has 1 heterocycles. The van der Waals surface area contributed by atoms with Crippen LogP contribution in [0.5, 0.6) is 0 Å². The highest BCUT2D eigenvalue weighted by Gasteiger charge is 2.32. The van der Waals surface area contributed by atoms with Crippen LogP contribution in [0.1, 0.15) is 29.3 Å². The molecule has 1 aliphatic heterocycles. The lowest BCUT2D eigenvalue weighted by atomic mass is 10.1. The summed E-state index contributed by atoms with van der Waals surface area (Å²) < 4.78 is 43.8. The third-order valence-electron chi connectivity index (χ3n) is 4.90. The van der Waals surface area contributed by atoms with Crippen LogP contribution in [-0.2, 0) is 10.0 Å². The lowest BCUT2D eigenvalue weighted by Crippen LogP contribution is -2.37. The van der Waals surface area contributed by atoms with Gasteiger partial charge in [0.25, 0.3) is 15.9 Å². The maximum Gasteiger partial charge on any atom is 0.286 e. The number of amidine groups is 1.